The summed E-state index contributed by atoms with van der Waals surface area (Å²) in [6.07, 6.45) is 10.4. The molecule has 5 heterocycles. The normalized spacial score (nSPS) is 26.6. The van der Waals surface area contributed by atoms with Gasteiger partial charge in [0.1, 0.15) is 12.5 Å². The number of nitrogens with one attached hydrogen (secondary N) is 2. The molecule has 2 N–H and O–H groups in total. The summed E-state index contributed by atoms with van der Waals surface area (Å²) >= 11 is 0. The molecular weight excluding hydrogens is 652 g/mol. The van der Waals surface area contributed by atoms with Gasteiger partial charge >= 0.3 is 0 Å². The predicted molar refractivity (Wildman–Crippen MR) is 207 cm³/mol. The zero-order valence-corrected chi connectivity index (χ0v) is 32.3. The fourth-order valence-electron chi connectivity index (χ4n) is 10.1. The third-order valence-corrected chi connectivity index (χ3v) is 12.4. The van der Waals surface area contributed by atoms with Crippen molar-refractivity contribution in [2.45, 2.75) is 109 Å². The molecule has 2 bridgehead atoms. The summed E-state index contributed by atoms with van der Waals surface area (Å²) in [4.78, 5) is 38.4. The van der Waals surface area contributed by atoms with Crippen LogP contribution in [0.15, 0.2) is 36.4 Å². The summed E-state index contributed by atoms with van der Waals surface area (Å²) < 4.78 is 13.7. The highest BCUT2D eigenvalue weighted by Gasteiger charge is 2.71. The topological polar surface area (TPSA) is 102 Å². The minimum atomic E-state index is -0.542. The van der Waals surface area contributed by atoms with Gasteiger partial charge in [0, 0.05) is 73.8 Å². The molecule has 2 aromatic carbocycles. The van der Waals surface area contributed by atoms with Crippen LogP contribution in [-0.2, 0) is 20.9 Å². The van der Waals surface area contributed by atoms with Crippen LogP contribution in [0.1, 0.15) is 112 Å². The van der Waals surface area contributed by atoms with Gasteiger partial charge in [-0.2, -0.15) is 0 Å². The molecule has 0 radical (unpaired) electrons. The van der Waals surface area contributed by atoms with E-state index in [9.17, 15) is 9.59 Å². The number of hydrogen-bond donors (Lipinski definition) is 2. The first-order valence-electron chi connectivity index (χ1n) is 19.6. The fourth-order valence-corrected chi connectivity index (χ4v) is 10.1. The first-order valence-corrected chi connectivity index (χ1v) is 19.6. The molecule has 3 saturated heterocycles. The number of nitrogens with zero attached hydrogens (tertiary/aromatic N) is 2. The smallest absolute Gasteiger partial charge is 0.251 e. The summed E-state index contributed by atoms with van der Waals surface area (Å²) in [6.45, 7) is 11.6. The molecule has 2 amide bonds. The largest absolute Gasteiger partial charge is 0.497 e. The van der Waals surface area contributed by atoms with Gasteiger partial charge in [0.05, 0.1) is 24.8 Å². The number of benzene rings is 2. The average Bonchev–Trinajstić information content (AvgIpc) is 3.74. The van der Waals surface area contributed by atoms with Crippen LogP contribution in [0.5, 0.6) is 5.75 Å². The van der Waals surface area contributed by atoms with E-state index in [0.29, 0.717) is 30.7 Å². The molecule has 9 rings (SSSR count). The van der Waals surface area contributed by atoms with Crippen LogP contribution in [0.3, 0.4) is 0 Å². The summed E-state index contributed by atoms with van der Waals surface area (Å²) in [5.74, 6) is 2.62. The Balaban J connectivity index is 0.000000726. The van der Waals surface area contributed by atoms with Crippen LogP contribution in [0.25, 0.3) is 22.2 Å². The van der Waals surface area contributed by atoms with Gasteiger partial charge in [-0.05, 0) is 97.7 Å². The number of piperidine rings is 1. The van der Waals surface area contributed by atoms with Crippen LogP contribution >= 0.6 is 0 Å². The lowest BCUT2D eigenvalue weighted by Gasteiger charge is -2.41. The number of hydrogen-bond acceptors (Lipinski definition) is 6. The third kappa shape index (κ3) is 6.91. The van der Waals surface area contributed by atoms with Crippen molar-refractivity contribution < 1.29 is 23.9 Å². The number of aromatic nitrogens is 1. The second-order valence-corrected chi connectivity index (χ2v) is 16.3. The Morgan fingerprint density at radius 2 is 1.73 bits per heavy atom. The highest BCUT2D eigenvalue weighted by atomic mass is 16.5. The van der Waals surface area contributed by atoms with Gasteiger partial charge in [0.2, 0.25) is 5.91 Å². The number of methoxy groups -OCH3 is 2. The van der Waals surface area contributed by atoms with E-state index in [-0.39, 0.29) is 29.7 Å². The lowest BCUT2D eigenvalue weighted by atomic mass is 9.81. The van der Waals surface area contributed by atoms with Crippen LogP contribution < -0.4 is 15.4 Å². The Morgan fingerprint density at radius 3 is 2.42 bits per heavy atom. The SMILES string of the molecule is C=O.CC(C)C.CNC(=O)c1ccc2c(C3CCCCC3)c3n(c2c1)CC12C(=O)NC4CCC(CC[C@H]1C2c1cc(OC)ccc1-3)N(CCOC)C4. The molecule has 6 aliphatic rings. The van der Waals surface area contributed by atoms with Crippen molar-refractivity contribution in [2.75, 3.05) is 41.0 Å². The molecule has 1 aromatic heterocycles. The lowest BCUT2D eigenvalue weighted by molar-refractivity contribution is -0.129. The molecule has 2 aliphatic carbocycles. The lowest BCUT2D eigenvalue weighted by Crippen LogP contribution is -2.55. The van der Waals surface area contributed by atoms with Gasteiger partial charge in [-0.3, -0.25) is 14.5 Å². The van der Waals surface area contributed by atoms with Gasteiger partial charge in [-0.25, -0.2) is 0 Å². The van der Waals surface area contributed by atoms with E-state index in [4.69, 9.17) is 14.3 Å². The highest BCUT2D eigenvalue weighted by molar-refractivity contribution is 6.02. The number of fused-ring (bicyclic) bond motifs is 10. The van der Waals surface area contributed by atoms with Crippen molar-refractivity contribution in [3.05, 3.63) is 53.1 Å². The molecule has 4 aliphatic heterocycles. The molecule has 5 fully saturated rings. The monoisotopic (exact) mass is 712 g/mol. The van der Waals surface area contributed by atoms with Crippen molar-refractivity contribution in [3.63, 3.8) is 0 Å². The van der Waals surface area contributed by atoms with Gasteiger partial charge < -0.3 is 29.5 Å². The number of carbonyl (C=O) groups is 3. The van der Waals surface area contributed by atoms with Crippen molar-refractivity contribution in [1.29, 1.82) is 0 Å². The van der Waals surface area contributed by atoms with E-state index < -0.39 is 5.41 Å². The molecule has 2 saturated carbocycles. The van der Waals surface area contributed by atoms with E-state index in [2.05, 4.69) is 71.2 Å². The quantitative estimate of drug-likeness (QED) is 0.278. The first kappa shape index (κ1) is 38.0. The molecule has 9 heteroatoms. The summed E-state index contributed by atoms with van der Waals surface area (Å²) in [5, 5.41) is 7.67. The Labute approximate surface area is 310 Å². The van der Waals surface area contributed by atoms with E-state index >= 15 is 0 Å². The highest BCUT2D eigenvalue weighted by Crippen LogP contribution is 2.71. The third-order valence-electron chi connectivity index (χ3n) is 12.4. The average molecular weight is 713 g/mol. The molecular formula is C43H60N4O5. The minimum absolute atomic E-state index is 0.0822. The van der Waals surface area contributed by atoms with Crippen molar-refractivity contribution in [1.82, 2.24) is 20.1 Å². The van der Waals surface area contributed by atoms with Crippen molar-refractivity contribution in [2.24, 2.45) is 17.3 Å². The van der Waals surface area contributed by atoms with Gasteiger partial charge in [0.25, 0.3) is 5.91 Å². The van der Waals surface area contributed by atoms with E-state index in [1.54, 1.807) is 21.3 Å². The second kappa shape index (κ2) is 16.1. The minimum Gasteiger partial charge on any atom is -0.497 e. The van der Waals surface area contributed by atoms with E-state index in [1.807, 2.05) is 12.9 Å². The zero-order valence-electron chi connectivity index (χ0n) is 32.3. The van der Waals surface area contributed by atoms with E-state index in [1.165, 1.54) is 59.9 Å². The molecule has 5 atom stereocenters. The van der Waals surface area contributed by atoms with E-state index in [0.717, 1.165) is 56.0 Å². The maximum absolute atomic E-state index is 14.9. The number of carbonyl (C=O) groups excluding carboxylic acids is 3. The predicted octanol–water partition coefficient (Wildman–Crippen LogP) is 7.30. The fraction of sp³-hybridized carbons (Fsp3) is 0.605. The molecule has 1 spiro atoms. The maximum Gasteiger partial charge on any atom is 0.251 e. The molecule has 52 heavy (non-hydrogen) atoms. The molecule has 9 nitrogen and oxygen atoms in total. The molecule has 282 valence electrons. The van der Waals surface area contributed by atoms with Gasteiger partial charge in [-0.1, -0.05) is 46.1 Å². The van der Waals surface area contributed by atoms with Crippen LogP contribution in [0.4, 0.5) is 0 Å². The maximum atomic E-state index is 14.9. The Hall–Kier alpha value is -3.69. The van der Waals surface area contributed by atoms with Crippen molar-refractivity contribution >= 4 is 29.5 Å². The number of ether oxygens (including phenoxy) is 2. The Bertz CT molecular complexity index is 1740. The van der Waals surface area contributed by atoms with Gasteiger partial charge in [0.15, 0.2) is 0 Å². The van der Waals surface area contributed by atoms with Crippen LogP contribution in [0, 0.1) is 17.3 Å². The number of amides is 2. The zero-order chi connectivity index (χ0) is 37.2. The Kier molecular flexibility index (Phi) is 11.8. The summed E-state index contributed by atoms with van der Waals surface area (Å²) in [6, 6.07) is 13.5. The van der Waals surface area contributed by atoms with Crippen LogP contribution in [0.2, 0.25) is 0 Å². The molecule has 4 unspecified atom stereocenters. The number of rotatable bonds is 6. The first-order chi connectivity index (χ1) is 25.2. The van der Waals surface area contributed by atoms with Crippen LogP contribution in [-0.4, -0.2) is 81.1 Å². The second-order valence-electron chi connectivity index (χ2n) is 16.3. The van der Waals surface area contributed by atoms with Crippen molar-refractivity contribution in [3.8, 4) is 17.0 Å². The summed E-state index contributed by atoms with van der Waals surface area (Å²) in [5.41, 5.74) is 6.36. The standard InChI is InChI=1S/C38H48N4O4.C4H10.CH2O/c1-39-36(43)24-9-14-29-32(19-24)42-22-38-31(16-12-26-11-10-25(40-37(38)44)21-41(26)17-18-45-2)34(38)30-20-27(46-3)13-15-28(30)35(42)33(29)23-7-5-4-6-8-23;1-4(2)3;1-2/h9,13-15,19-20,23,25-26,31,34H,4-8,10-12,16-18,21-22H2,1-3H3,(H,39,43)(H,40,44);4H,1-3H3;1H2/t25?,26?,31-,34?,38?;;/m0../s1. The summed E-state index contributed by atoms with van der Waals surface area (Å²) in [7, 11) is 5.20. The Morgan fingerprint density at radius 1 is 1.00 bits per heavy atom. The molecule has 3 aromatic rings. The van der Waals surface area contributed by atoms with Gasteiger partial charge in [-0.15, -0.1) is 0 Å².